The van der Waals surface area contributed by atoms with E-state index in [2.05, 4.69) is 10.6 Å². The number of carbonyl (C=O) groups is 2. The number of benzene rings is 2. The Bertz CT molecular complexity index is 745. The van der Waals surface area contributed by atoms with E-state index in [-0.39, 0.29) is 11.8 Å². The highest BCUT2D eigenvalue weighted by Gasteiger charge is 2.05. The lowest BCUT2D eigenvalue weighted by molar-refractivity contribution is -0.121. The molecule has 0 fully saturated rings. The summed E-state index contributed by atoms with van der Waals surface area (Å²) in [5.74, 6) is 0.709. The number of rotatable bonds is 11. The number of hydrogen-bond acceptors (Lipinski definition) is 3. The van der Waals surface area contributed by atoms with Crippen molar-refractivity contribution in [3.63, 3.8) is 0 Å². The molecule has 5 nitrogen and oxygen atoms in total. The Morgan fingerprint density at radius 2 is 1.57 bits per heavy atom. The standard InChI is InChI=1S/C22H27ClN2O3/c1-17-6-12-20(13-7-17)28-16-3-2-14-24-21(26)5-4-15-25-22(27)18-8-10-19(23)11-9-18/h6-13H,2-5,14-16H2,1H3,(H,24,26)(H,25,27). The molecule has 0 aromatic heterocycles. The van der Waals surface area contributed by atoms with Gasteiger partial charge in [0.2, 0.25) is 5.91 Å². The fourth-order valence-electron chi connectivity index (χ4n) is 2.52. The predicted octanol–water partition coefficient (Wildman–Crippen LogP) is 4.13. The van der Waals surface area contributed by atoms with Crippen molar-refractivity contribution in [2.45, 2.75) is 32.6 Å². The summed E-state index contributed by atoms with van der Waals surface area (Å²) < 4.78 is 5.65. The third-order valence-corrected chi connectivity index (χ3v) is 4.41. The number of ether oxygens (including phenoxy) is 1. The highest BCUT2D eigenvalue weighted by molar-refractivity contribution is 6.30. The topological polar surface area (TPSA) is 67.4 Å². The van der Waals surface area contributed by atoms with Crippen LogP contribution in [0.15, 0.2) is 48.5 Å². The summed E-state index contributed by atoms with van der Waals surface area (Å²) in [5.41, 5.74) is 1.77. The fourth-order valence-corrected chi connectivity index (χ4v) is 2.65. The minimum atomic E-state index is -0.161. The molecule has 2 aromatic rings. The number of aryl methyl sites for hydroxylation is 1. The molecular formula is C22H27ClN2O3. The minimum Gasteiger partial charge on any atom is -0.494 e. The monoisotopic (exact) mass is 402 g/mol. The van der Waals surface area contributed by atoms with Crippen LogP contribution in [-0.2, 0) is 4.79 Å². The Balaban J connectivity index is 1.47. The van der Waals surface area contributed by atoms with Gasteiger partial charge in [0.15, 0.2) is 0 Å². The van der Waals surface area contributed by atoms with Gasteiger partial charge in [-0.15, -0.1) is 0 Å². The molecule has 0 saturated carbocycles. The van der Waals surface area contributed by atoms with Crippen LogP contribution in [0.3, 0.4) is 0 Å². The largest absolute Gasteiger partial charge is 0.494 e. The van der Waals surface area contributed by atoms with Crippen molar-refractivity contribution in [2.24, 2.45) is 0 Å². The van der Waals surface area contributed by atoms with E-state index in [0.29, 0.717) is 43.1 Å². The van der Waals surface area contributed by atoms with Gasteiger partial charge < -0.3 is 15.4 Å². The van der Waals surface area contributed by atoms with Crippen LogP contribution < -0.4 is 15.4 Å². The molecule has 2 amide bonds. The van der Waals surface area contributed by atoms with E-state index in [4.69, 9.17) is 16.3 Å². The molecule has 0 unspecified atom stereocenters. The van der Waals surface area contributed by atoms with Crippen molar-refractivity contribution in [3.8, 4) is 5.75 Å². The molecule has 0 atom stereocenters. The van der Waals surface area contributed by atoms with Crippen molar-refractivity contribution in [1.82, 2.24) is 10.6 Å². The Hall–Kier alpha value is -2.53. The van der Waals surface area contributed by atoms with E-state index in [1.54, 1.807) is 24.3 Å². The highest BCUT2D eigenvalue weighted by Crippen LogP contribution is 2.12. The van der Waals surface area contributed by atoms with E-state index in [9.17, 15) is 9.59 Å². The number of amides is 2. The first-order chi connectivity index (χ1) is 13.5. The Morgan fingerprint density at radius 1 is 0.893 bits per heavy atom. The summed E-state index contributed by atoms with van der Waals surface area (Å²) in [6.07, 6.45) is 2.73. The van der Waals surface area contributed by atoms with E-state index >= 15 is 0 Å². The van der Waals surface area contributed by atoms with Crippen LogP contribution in [0.2, 0.25) is 5.02 Å². The van der Waals surface area contributed by atoms with Gasteiger partial charge >= 0.3 is 0 Å². The summed E-state index contributed by atoms with van der Waals surface area (Å²) in [6, 6.07) is 14.7. The summed E-state index contributed by atoms with van der Waals surface area (Å²) in [4.78, 5) is 23.7. The maximum atomic E-state index is 11.9. The molecular weight excluding hydrogens is 376 g/mol. The minimum absolute atomic E-state index is 0.000180. The third-order valence-electron chi connectivity index (χ3n) is 4.16. The average Bonchev–Trinajstić information content (AvgIpc) is 2.69. The van der Waals surface area contributed by atoms with E-state index in [1.165, 1.54) is 5.56 Å². The van der Waals surface area contributed by atoms with Gasteiger partial charge in [0.1, 0.15) is 5.75 Å². The van der Waals surface area contributed by atoms with Gasteiger partial charge in [-0.05, 0) is 62.6 Å². The quantitative estimate of drug-likeness (QED) is 0.555. The smallest absolute Gasteiger partial charge is 0.251 e. The van der Waals surface area contributed by atoms with Crippen molar-refractivity contribution in [1.29, 1.82) is 0 Å². The van der Waals surface area contributed by atoms with E-state index in [0.717, 1.165) is 18.6 Å². The number of hydrogen-bond donors (Lipinski definition) is 2. The molecule has 0 spiro atoms. The Morgan fingerprint density at radius 3 is 2.29 bits per heavy atom. The Kier molecular flexibility index (Phi) is 9.35. The molecule has 0 aliphatic heterocycles. The van der Waals surface area contributed by atoms with Crippen LogP contribution in [-0.4, -0.2) is 31.5 Å². The summed E-state index contributed by atoms with van der Waals surface area (Å²) in [7, 11) is 0. The average molecular weight is 403 g/mol. The summed E-state index contributed by atoms with van der Waals surface area (Å²) >= 11 is 5.80. The normalized spacial score (nSPS) is 10.4. The van der Waals surface area contributed by atoms with Gasteiger partial charge in [-0.25, -0.2) is 0 Å². The molecule has 28 heavy (non-hydrogen) atoms. The lowest BCUT2D eigenvalue weighted by atomic mass is 10.2. The van der Waals surface area contributed by atoms with E-state index < -0.39 is 0 Å². The van der Waals surface area contributed by atoms with Crippen molar-refractivity contribution in [2.75, 3.05) is 19.7 Å². The SMILES string of the molecule is Cc1ccc(OCCCCNC(=O)CCCNC(=O)c2ccc(Cl)cc2)cc1. The molecule has 2 rings (SSSR count). The van der Waals surface area contributed by atoms with Gasteiger partial charge in [-0.2, -0.15) is 0 Å². The second-order valence-corrected chi connectivity index (χ2v) is 7.02. The first-order valence-corrected chi connectivity index (χ1v) is 9.92. The van der Waals surface area contributed by atoms with Crippen LogP contribution in [0.5, 0.6) is 5.75 Å². The molecule has 2 aromatic carbocycles. The number of carbonyl (C=O) groups excluding carboxylic acids is 2. The Labute approximate surface area is 171 Å². The second kappa shape index (κ2) is 12.0. The van der Waals surface area contributed by atoms with Gasteiger partial charge in [-0.1, -0.05) is 29.3 Å². The van der Waals surface area contributed by atoms with Gasteiger partial charge in [0.25, 0.3) is 5.91 Å². The molecule has 2 N–H and O–H groups in total. The first-order valence-electron chi connectivity index (χ1n) is 9.54. The maximum Gasteiger partial charge on any atom is 0.251 e. The van der Waals surface area contributed by atoms with Crippen LogP contribution in [0.4, 0.5) is 0 Å². The van der Waals surface area contributed by atoms with Crippen LogP contribution >= 0.6 is 11.6 Å². The van der Waals surface area contributed by atoms with Gasteiger partial charge in [0.05, 0.1) is 6.61 Å². The molecule has 0 radical (unpaired) electrons. The van der Waals surface area contributed by atoms with Crippen LogP contribution in [0.1, 0.15) is 41.6 Å². The molecule has 0 bridgehead atoms. The number of nitrogens with one attached hydrogen (secondary N) is 2. The summed E-state index contributed by atoms with van der Waals surface area (Å²) in [6.45, 7) is 3.77. The van der Waals surface area contributed by atoms with Crippen molar-refractivity contribution in [3.05, 3.63) is 64.7 Å². The van der Waals surface area contributed by atoms with Crippen molar-refractivity contribution >= 4 is 23.4 Å². The molecule has 0 heterocycles. The predicted molar refractivity (Wildman–Crippen MR) is 112 cm³/mol. The summed E-state index contributed by atoms with van der Waals surface area (Å²) in [5, 5.41) is 6.28. The van der Waals surface area contributed by atoms with Gasteiger partial charge in [0, 0.05) is 30.1 Å². The van der Waals surface area contributed by atoms with Crippen molar-refractivity contribution < 1.29 is 14.3 Å². The fraction of sp³-hybridized carbons (Fsp3) is 0.364. The molecule has 0 saturated heterocycles. The lowest BCUT2D eigenvalue weighted by Gasteiger charge is -2.08. The number of halogens is 1. The van der Waals surface area contributed by atoms with Crippen LogP contribution in [0, 0.1) is 6.92 Å². The lowest BCUT2D eigenvalue weighted by Crippen LogP contribution is -2.28. The highest BCUT2D eigenvalue weighted by atomic mass is 35.5. The first kappa shape index (κ1) is 21.8. The zero-order valence-corrected chi connectivity index (χ0v) is 16.9. The number of unbranched alkanes of at least 4 members (excludes halogenated alkanes) is 1. The molecule has 6 heteroatoms. The molecule has 0 aliphatic rings. The molecule has 150 valence electrons. The second-order valence-electron chi connectivity index (χ2n) is 6.58. The zero-order valence-electron chi connectivity index (χ0n) is 16.2. The molecule has 0 aliphatic carbocycles. The maximum absolute atomic E-state index is 11.9. The van der Waals surface area contributed by atoms with E-state index in [1.807, 2.05) is 31.2 Å². The zero-order chi connectivity index (χ0) is 20.2. The van der Waals surface area contributed by atoms with Gasteiger partial charge in [-0.3, -0.25) is 9.59 Å². The van der Waals surface area contributed by atoms with Crippen LogP contribution in [0.25, 0.3) is 0 Å². The third kappa shape index (κ3) is 8.44.